The summed E-state index contributed by atoms with van der Waals surface area (Å²) in [6.45, 7) is 1.96. The standard InChI is InChI=1S/C16H18N4O4/c1-3-10-8-11(4-6-13(10)15(21)23-2)14-7-5-12(24-14)9-18-20-16(22)19-17/h4-9H,3,17H2,1-2H3,(H2,19,20,22)/b18-9+. The minimum atomic E-state index is -0.635. The van der Waals surface area contributed by atoms with Crippen LogP contribution in [0.5, 0.6) is 0 Å². The number of amides is 2. The number of nitrogens with two attached hydrogens (primary N) is 1. The van der Waals surface area contributed by atoms with Crippen molar-refractivity contribution >= 4 is 18.2 Å². The summed E-state index contributed by atoms with van der Waals surface area (Å²) in [5, 5.41) is 3.68. The molecule has 2 aromatic rings. The van der Waals surface area contributed by atoms with Crippen LogP contribution in [0.2, 0.25) is 0 Å². The number of carbonyl (C=O) groups excluding carboxylic acids is 2. The van der Waals surface area contributed by atoms with Crippen molar-refractivity contribution in [3.05, 3.63) is 47.2 Å². The Kier molecular flexibility index (Phi) is 5.69. The average Bonchev–Trinajstić information content (AvgIpc) is 3.09. The fraction of sp³-hybridized carbons (Fsp3) is 0.188. The fourth-order valence-corrected chi connectivity index (χ4v) is 2.11. The molecule has 1 heterocycles. The lowest BCUT2D eigenvalue weighted by atomic mass is 10.0. The van der Waals surface area contributed by atoms with Crippen LogP contribution in [0, 0.1) is 0 Å². The summed E-state index contributed by atoms with van der Waals surface area (Å²) in [5.74, 6) is 5.62. The molecule has 1 aromatic carbocycles. The largest absolute Gasteiger partial charge is 0.465 e. The second-order valence-corrected chi connectivity index (χ2v) is 4.76. The molecule has 0 radical (unpaired) electrons. The normalized spacial score (nSPS) is 10.6. The lowest BCUT2D eigenvalue weighted by Gasteiger charge is -2.07. The van der Waals surface area contributed by atoms with E-state index in [9.17, 15) is 9.59 Å². The van der Waals surface area contributed by atoms with Gasteiger partial charge in [0.25, 0.3) is 0 Å². The maximum atomic E-state index is 11.7. The predicted octanol–water partition coefficient (Wildman–Crippen LogP) is 1.80. The molecule has 0 aliphatic rings. The summed E-state index contributed by atoms with van der Waals surface area (Å²) < 4.78 is 10.4. The number of ether oxygens (including phenoxy) is 1. The highest BCUT2D eigenvalue weighted by Crippen LogP contribution is 2.25. The van der Waals surface area contributed by atoms with Gasteiger partial charge in [0.15, 0.2) is 0 Å². The van der Waals surface area contributed by atoms with Gasteiger partial charge in [-0.2, -0.15) is 5.10 Å². The summed E-state index contributed by atoms with van der Waals surface area (Å²) >= 11 is 0. The van der Waals surface area contributed by atoms with Crippen molar-refractivity contribution in [3.63, 3.8) is 0 Å². The van der Waals surface area contributed by atoms with Crippen molar-refractivity contribution in [2.75, 3.05) is 7.11 Å². The van der Waals surface area contributed by atoms with Gasteiger partial charge >= 0.3 is 12.0 Å². The van der Waals surface area contributed by atoms with Crippen molar-refractivity contribution < 1.29 is 18.7 Å². The first-order chi connectivity index (χ1) is 11.6. The van der Waals surface area contributed by atoms with E-state index in [1.54, 1.807) is 24.3 Å². The predicted molar refractivity (Wildman–Crippen MR) is 88.3 cm³/mol. The zero-order valence-electron chi connectivity index (χ0n) is 13.3. The Balaban J connectivity index is 2.20. The van der Waals surface area contributed by atoms with Gasteiger partial charge in [-0.25, -0.2) is 20.9 Å². The number of carbonyl (C=O) groups is 2. The lowest BCUT2D eigenvalue weighted by Crippen LogP contribution is -2.37. The van der Waals surface area contributed by atoms with E-state index in [0.29, 0.717) is 23.5 Å². The van der Waals surface area contributed by atoms with Crippen LogP contribution in [0.15, 0.2) is 39.9 Å². The van der Waals surface area contributed by atoms with Gasteiger partial charge < -0.3 is 9.15 Å². The van der Waals surface area contributed by atoms with Gasteiger partial charge in [0.1, 0.15) is 11.5 Å². The van der Waals surface area contributed by atoms with E-state index in [1.165, 1.54) is 13.3 Å². The third-order valence-electron chi connectivity index (χ3n) is 3.29. The Morgan fingerprint density at radius 3 is 2.79 bits per heavy atom. The van der Waals surface area contributed by atoms with Gasteiger partial charge in [-0.3, -0.25) is 5.43 Å². The van der Waals surface area contributed by atoms with Crippen molar-refractivity contribution in [1.29, 1.82) is 0 Å². The number of nitrogens with zero attached hydrogens (tertiary/aromatic N) is 1. The van der Waals surface area contributed by atoms with E-state index in [1.807, 2.05) is 18.4 Å². The van der Waals surface area contributed by atoms with Crippen LogP contribution >= 0.6 is 0 Å². The second-order valence-electron chi connectivity index (χ2n) is 4.76. The maximum Gasteiger partial charge on any atom is 0.349 e. The zero-order valence-corrected chi connectivity index (χ0v) is 13.3. The Morgan fingerprint density at radius 1 is 1.33 bits per heavy atom. The molecule has 0 saturated heterocycles. The number of methoxy groups -OCH3 is 1. The quantitative estimate of drug-likeness (QED) is 0.254. The van der Waals surface area contributed by atoms with Crippen LogP contribution in [0.1, 0.15) is 28.6 Å². The molecule has 0 aliphatic heterocycles. The number of hydrazine groups is 1. The molecular weight excluding hydrogens is 312 g/mol. The van der Waals surface area contributed by atoms with E-state index in [4.69, 9.17) is 15.0 Å². The summed E-state index contributed by atoms with van der Waals surface area (Å²) in [5.41, 5.74) is 6.27. The minimum Gasteiger partial charge on any atom is -0.465 e. The molecule has 0 spiro atoms. The van der Waals surface area contributed by atoms with Gasteiger partial charge in [-0.1, -0.05) is 13.0 Å². The Labute approximate surface area is 138 Å². The molecule has 126 valence electrons. The molecule has 0 fully saturated rings. The van der Waals surface area contributed by atoms with Crippen LogP contribution in [0.3, 0.4) is 0 Å². The molecule has 8 nitrogen and oxygen atoms in total. The molecule has 0 aliphatic carbocycles. The number of hydrogen-bond acceptors (Lipinski definition) is 6. The Bertz CT molecular complexity index is 767. The minimum absolute atomic E-state index is 0.366. The van der Waals surface area contributed by atoms with Crippen molar-refractivity contribution in [1.82, 2.24) is 10.9 Å². The first kappa shape index (κ1) is 17.2. The molecule has 0 saturated carbocycles. The molecule has 0 unspecified atom stereocenters. The zero-order chi connectivity index (χ0) is 17.5. The number of aryl methyl sites for hydroxylation is 1. The molecule has 0 atom stereocenters. The van der Waals surface area contributed by atoms with E-state index >= 15 is 0 Å². The summed E-state index contributed by atoms with van der Waals surface area (Å²) in [4.78, 5) is 22.6. The van der Waals surface area contributed by atoms with Gasteiger partial charge in [0.05, 0.1) is 18.9 Å². The topological polar surface area (TPSA) is 119 Å². The van der Waals surface area contributed by atoms with Crippen molar-refractivity contribution in [2.24, 2.45) is 10.9 Å². The van der Waals surface area contributed by atoms with E-state index in [0.717, 1.165) is 11.1 Å². The number of furan rings is 1. The molecule has 0 bridgehead atoms. The van der Waals surface area contributed by atoms with Gasteiger partial charge in [0.2, 0.25) is 0 Å². The van der Waals surface area contributed by atoms with Crippen LogP contribution in [-0.4, -0.2) is 25.3 Å². The number of benzene rings is 1. The summed E-state index contributed by atoms with van der Waals surface area (Å²) in [6.07, 6.45) is 2.04. The molecule has 4 N–H and O–H groups in total. The van der Waals surface area contributed by atoms with Crippen LogP contribution in [0.25, 0.3) is 11.3 Å². The lowest BCUT2D eigenvalue weighted by molar-refractivity contribution is 0.0599. The fourth-order valence-electron chi connectivity index (χ4n) is 2.11. The second kappa shape index (κ2) is 7.93. The molecule has 2 rings (SSSR count). The highest BCUT2D eigenvalue weighted by Gasteiger charge is 2.13. The molecule has 1 aromatic heterocycles. The highest BCUT2D eigenvalue weighted by atomic mass is 16.5. The average molecular weight is 330 g/mol. The van der Waals surface area contributed by atoms with E-state index in [2.05, 4.69) is 10.5 Å². The number of hydrogen-bond donors (Lipinski definition) is 3. The molecule has 24 heavy (non-hydrogen) atoms. The highest BCUT2D eigenvalue weighted by molar-refractivity contribution is 5.91. The van der Waals surface area contributed by atoms with Crippen LogP contribution < -0.4 is 16.7 Å². The molecule has 2 amide bonds. The molecule has 8 heteroatoms. The monoisotopic (exact) mass is 330 g/mol. The SMILES string of the molecule is CCc1cc(-c2ccc(/C=N/NC(=O)NN)o2)ccc1C(=O)OC. The van der Waals surface area contributed by atoms with E-state index in [-0.39, 0.29) is 5.97 Å². The number of hydrazone groups is 1. The van der Waals surface area contributed by atoms with Crippen molar-refractivity contribution in [3.8, 4) is 11.3 Å². The first-order valence-corrected chi connectivity index (χ1v) is 7.20. The third-order valence-corrected chi connectivity index (χ3v) is 3.29. The van der Waals surface area contributed by atoms with Crippen molar-refractivity contribution in [2.45, 2.75) is 13.3 Å². The summed E-state index contributed by atoms with van der Waals surface area (Å²) in [7, 11) is 1.35. The van der Waals surface area contributed by atoms with Gasteiger partial charge in [0, 0.05) is 5.56 Å². The summed E-state index contributed by atoms with van der Waals surface area (Å²) in [6, 6.07) is 8.22. The number of nitrogens with one attached hydrogen (secondary N) is 2. The Morgan fingerprint density at radius 2 is 2.12 bits per heavy atom. The Hall–Kier alpha value is -3.13. The van der Waals surface area contributed by atoms with Gasteiger partial charge in [-0.15, -0.1) is 0 Å². The molecular formula is C16H18N4O4. The van der Waals surface area contributed by atoms with Gasteiger partial charge in [-0.05, 0) is 36.2 Å². The van der Waals surface area contributed by atoms with Crippen LogP contribution in [-0.2, 0) is 11.2 Å². The maximum absolute atomic E-state index is 11.7. The third kappa shape index (κ3) is 3.99. The number of esters is 1. The number of rotatable bonds is 5. The first-order valence-electron chi connectivity index (χ1n) is 7.20. The van der Waals surface area contributed by atoms with E-state index < -0.39 is 6.03 Å². The van der Waals surface area contributed by atoms with Crippen LogP contribution in [0.4, 0.5) is 4.79 Å². The number of urea groups is 1. The smallest absolute Gasteiger partial charge is 0.349 e.